The van der Waals surface area contributed by atoms with Gasteiger partial charge in [0.25, 0.3) is 5.91 Å². The first-order valence-electron chi connectivity index (χ1n) is 6.83. The zero-order valence-corrected chi connectivity index (χ0v) is 12.4. The lowest BCUT2D eigenvalue weighted by atomic mass is 10.2. The lowest BCUT2D eigenvalue weighted by Gasteiger charge is -2.05. The van der Waals surface area contributed by atoms with Gasteiger partial charge in [-0.2, -0.15) is 5.10 Å². The summed E-state index contributed by atoms with van der Waals surface area (Å²) in [5.41, 5.74) is 3.65. The average molecular weight is 314 g/mol. The van der Waals surface area contributed by atoms with Crippen molar-refractivity contribution in [2.24, 2.45) is 5.10 Å². The Morgan fingerprint density at radius 3 is 2.61 bits per heavy atom. The number of rotatable bonds is 5. The lowest BCUT2D eigenvalue weighted by molar-refractivity contribution is -0.115. The maximum atomic E-state index is 12.8. The van der Waals surface area contributed by atoms with E-state index in [1.807, 2.05) is 0 Å². The summed E-state index contributed by atoms with van der Waals surface area (Å²) in [7, 11) is 0. The molecule has 2 aromatic rings. The minimum Gasteiger partial charge on any atom is -0.326 e. The van der Waals surface area contributed by atoms with Gasteiger partial charge in [-0.05, 0) is 43.3 Å². The van der Waals surface area contributed by atoms with Crippen molar-refractivity contribution in [1.29, 1.82) is 0 Å². The molecule has 0 fully saturated rings. The normalized spacial score (nSPS) is 11.0. The Kier molecular flexibility index (Phi) is 5.51. The van der Waals surface area contributed by atoms with Gasteiger partial charge >= 0.3 is 0 Å². The van der Waals surface area contributed by atoms with Crippen molar-refractivity contribution in [3.8, 4) is 0 Å². The fourth-order valence-electron chi connectivity index (χ4n) is 1.72. The van der Waals surface area contributed by atoms with Crippen LogP contribution in [0.15, 0.2) is 53.9 Å². The molecule has 0 aliphatic heterocycles. The molecule has 118 valence electrons. The number of nitrogens with zero attached hydrogens (tertiary/aromatic N) is 2. The zero-order chi connectivity index (χ0) is 16.7. The van der Waals surface area contributed by atoms with E-state index in [2.05, 4.69) is 20.8 Å². The fraction of sp³-hybridized carbons (Fsp3) is 0.125. The summed E-state index contributed by atoms with van der Waals surface area (Å²) in [5.74, 6) is -1.09. The molecule has 0 saturated carbocycles. The van der Waals surface area contributed by atoms with Crippen molar-refractivity contribution in [3.05, 3.63) is 60.2 Å². The Morgan fingerprint density at radius 2 is 1.96 bits per heavy atom. The van der Waals surface area contributed by atoms with E-state index in [0.29, 0.717) is 17.0 Å². The molecule has 0 atom stereocenters. The molecule has 7 heteroatoms. The van der Waals surface area contributed by atoms with Crippen molar-refractivity contribution in [1.82, 2.24) is 10.4 Å². The van der Waals surface area contributed by atoms with Gasteiger partial charge in [0.05, 0.1) is 12.0 Å². The molecule has 23 heavy (non-hydrogen) atoms. The van der Waals surface area contributed by atoms with Gasteiger partial charge in [-0.3, -0.25) is 14.6 Å². The maximum Gasteiger partial charge on any atom is 0.272 e. The summed E-state index contributed by atoms with van der Waals surface area (Å²) in [5, 5.41) is 6.47. The number of amides is 2. The molecule has 1 aromatic heterocycles. The molecule has 6 nitrogen and oxygen atoms in total. The number of carbonyl (C=O) groups is 2. The van der Waals surface area contributed by atoms with Crippen LogP contribution in [0.3, 0.4) is 0 Å². The third kappa shape index (κ3) is 5.31. The number of pyridine rings is 1. The van der Waals surface area contributed by atoms with Crippen LogP contribution in [0.2, 0.25) is 0 Å². The van der Waals surface area contributed by atoms with Gasteiger partial charge in [0.15, 0.2) is 0 Å². The van der Waals surface area contributed by atoms with E-state index in [0.717, 1.165) is 0 Å². The molecule has 0 aliphatic rings. The zero-order valence-electron chi connectivity index (χ0n) is 12.4. The number of hydrogen-bond acceptors (Lipinski definition) is 4. The summed E-state index contributed by atoms with van der Waals surface area (Å²) in [4.78, 5) is 27.4. The summed E-state index contributed by atoms with van der Waals surface area (Å²) in [6.07, 6.45) is 2.98. The Bertz CT molecular complexity index is 715. The SMILES string of the molecule is C/C(CC(=O)Nc1ccc(F)cc1)=N\NC(=O)c1cccnc1. The molecule has 2 amide bonds. The van der Waals surface area contributed by atoms with Gasteiger partial charge in [-0.25, -0.2) is 9.82 Å². The van der Waals surface area contributed by atoms with E-state index >= 15 is 0 Å². The standard InChI is InChI=1S/C16H15FN4O2/c1-11(20-21-16(23)12-3-2-8-18-10-12)9-15(22)19-14-6-4-13(17)5-7-14/h2-8,10H,9H2,1H3,(H,19,22)(H,21,23)/b20-11+. The summed E-state index contributed by atoms with van der Waals surface area (Å²) < 4.78 is 12.8. The van der Waals surface area contributed by atoms with Gasteiger partial charge in [-0.15, -0.1) is 0 Å². The Balaban J connectivity index is 1.85. The molecule has 2 N–H and O–H groups in total. The van der Waals surface area contributed by atoms with E-state index in [1.165, 1.54) is 30.5 Å². The number of hydrazone groups is 1. The lowest BCUT2D eigenvalue weighted by Crippen LogP contribution is -2.21. The molecular formula is C16H15FN4O2. The number of anilines is 1. The Morgan fingerprint density at radius 1 is 1.22 bits per heavy atom. The summed E-state index contributed by atoms with van der Waals surface area (Å²) in [6, 6.07) is 8.68. The molecule has 1 aromatic carbocycles. The number of carbonyl (C=O) groups excluding carboxylic acids is 2. The highest BCUT2D eigenvalue weighted by atomic mass is 19.1. The first kappa shape index (κ1) is 16.3. The number of nitrogens with one attached hydrogen (secondary N) is 2. The summed E-state index contributed by atoms with van der Waals surface area (Å²) in [6.45, 7) is 1.62. The van der Waals surface area contributed by atoms with Crippen LogP contribution in [0.5, 0.6) is 0 Å². The third-order valence-corrected chi connectivity index (χ3v) is 2.82. The topological polar surface area (TPSA) is 83.5 Å². The van der Waals surface area contributed by atoms with Gasteiger partial charge in [-0.1, -0.05) is 0 Å². The molecule has 2 rings (SSSR count). The second-order valence-electron chi connectivity index (χ2n) is 4.76. The molecule has 0 saturated heterocycles. The highest BCUT2D eigenvalue weighted by molar-refractivity contribution is 6.06. The first-order valence-corrected chi connectivity index (χ1v) is 6.83. The molecule has 0 bridgehead atoms. The summed E-state index contributed by atoms with van der Waals surface area (Å²) >= 11 is 0. The second kappa shape index (κ2) is 7.79. The van der Waals surface area contributed by atoms with Crippen LogP contribution >= 0.6 is 0 Å². The highest BCUT2D eigenvalue weighted by Gasteiger charge is 2.07. The van der Waals surface area contributed by atoms with E-state index in [9.17, 15) is 14.0 Å². The van der Waals surface area contributed by atoms with Crippen LogP contribution in [0, 0.1) is 5.82 Å². The van der Waals surface area contributed by atoms with E-state index in [1.54, 1.807) is 25.3 Å². The number of benzene rings is 1. The van der Waals surface area contributed by atoms with E-state index in [-0.39, 0.29) is 18.1 Å². The highest BCUT2D eigenvalue weighted by Crippen LogP contribution is 2.08. The largest absolute Gasteiger partial charge is 0.326 e. The number of hydrogen-bond donors (Lipinski definition) is 2. The smallest absolute Gasteiger partial charge is 0.272 e. The van der Waals surface area contributed by atoms with Crippen molar-refractivity contribution in [3.63, 3.8) is 0 Å². The van der Waals surface area contributed by atoms with Crippen LogP contribution in [0.4, 0.5) is 10.1 Å². The van der Waals surface area contributed by atoms with Crippen LogP contribution in [-0.2, 0) is 4.79 Å². The van der Waals surface area contributed by atoms with Crippen molar-refractivity contribution in [2.75, 3.05) is 5.32 Å². The monoisotopic (exact) mass is 314 g/mol. The van der Waals surface area contributed by atoms with Crippen molar-refractivity contribution in [2.45, 2.75) is 13.3 Å². The molecule has 0 aliphatic carbocycles. The van der Waals surface area contributed by atoms with Crippen molar-refractivity contribution >= 4 is 23.2 Å². The van der Waals surface area contributed by atoms with Gasteiger partial charge in [0, 0.05) is 23.8 Å². The average Bonchev–Trinajstić information content (AvgIpc) is 2.55. The number of halogens is 1. The predicted molar refractivity (Wildman–Crippen MR) is 84.5 cm³/mol. The molecule has 0 spiro atoms. The van der Waals surface area contributed by atoms with Crippen LogP contribution in [0.1, 0.15) is 23.7 Å². The Hall–Kier alpha value is -3.09. The fourth-order valence-corrected chi connectivity index (χ4v) is 1.72. The maximum absolute atomic E-state index is 12.8. The molecular weight excluding hydrogens is 299 g/mol. The van der Waals surface area contributed by atoms with Crippen LogP contribution < -0.4 is 10.7 Å². The van der Waals surface area contributed by atoms with Crippen LogP contribution in [0.25, 0.3) is 0 Å². The second-order valence-corrected chi connectivity index (χ2v) is 4.76. The van der Waals surface area contributed by atoms with E-state index in [4.69, 9.17) is 0 Å². The minimum absolute atomic E-state index is 0.00466. The predicted octanol–water partition coefficient (Wildman–Crippen LogP) is 2.36. The van der Waals surface area contributed by atoms with Crippen molar-refractivity contribution < 1.29 is 14.0 Å². The number of aromatic nitrogens is 1. The van der Waals surface area contributed by atoms with Crippen LogP contribution in [-0.4, -0.2) is 22.5 Å². The first-order chi connectivity index (χ1) is 11.0. The van der Waals surface area contributed by atoms with Gasteiger partial charge in [0.1, 0.15) is 5.82 Å². The quantitative estimate of drug-likeness (QED) is 0.656. The Labute approximate surface area is 132 Å². The molecule has 1 heterocycles. The van der Waals surface area contributed by atoms with Gasteiger partial charge < -0.3 is 5.32 Å². The molecule has 0 unspecified atom stereocenters. The van der Waals surface area contributed by atoms with Gasteiger partial charge in [0.2, 0.25) is 5.91 Å². The van der Waals surface area contributed by atoms with E-state index < -0.39 is 5.91 Å². The molecule has 0 radical (unpaired) electrons. The minimum atomic E-state index is -0.406. The third-order valence-electron chi connectivity index (χ3n) is 2.82.